The summed E-state index contributed by atoms with van der Waals surface area (Å²) < 4.78 is 5.43. The summed E-state index contributed by atoms with van der Waals surface area (Å²) in [5, 5.41) is 3.59. The second-order valence-corrected chi connectivity index (χ2v) is 4.40. The highest BCUT2D eigenvalue weighted by atomic mass is 16.5. The molecule has 3 unspecified atom stereocenters. The van der Waals surface area contributed by atoms with Crippen LogP contribution in [0.25, 0.3) is 0 Å². The molecule has 0 aromatic heterocycles. The summed E-state index contributed by atoms with van der Waals surface area (Å²) >= 11 is 0. The van der Waals surface area contributed by atoms with Crippen LogP contribution in [0.5, 0.6) is 0 Å². The Morgan fingerprint density at radius 2 is 2.29 bits per heavy atom. The van der Waals surface area contributed by atoms with E-state index in [0.29, 0.717) is 18.1 Å². The van der Waals surface area contributed by atoms with Gasteiger partial charge in [-0.25, -0.2) is 0 Å². The van der Waals surface area contributed by atoms with E-state index in [9.17, 15) is 0 Å². The maximum absolute atomic E-state index is 5.51. The average Bonchev–Trinajstić information content (AvgIpc) is 2.62. The maximum Gasteiger partial charge on any atom is 0.0724 e. The lowest BCUT2D eigenvalue weighted by Crippen LogP contribution is -2.39. The van der Waals surface area contributed by atoms with Crippen LogP contribution in [-0.2, 0) is 4.74 Å². The van der Waals surface area contributed by atoms with Crippen LogP contribution in [0.1, 0.15) is 32.6 Å². The van der Waals surface area contributed by atoms with Gasteiger partial charge >= 0.3 is 0 Å². The Kier molecular flexibility index (Phi) is 5.45. The second-order valence-electron chi connectivity index (χ2n) is 4.40. The van der Waals surface area contributed by atoms with Crippen molar-refractivity contribution in [3.63, 3.8) is 0 Å². The Labute approximate surface area is 87.4 Å². The summed E-state index contributed by atoms with van der Waals surface area (Å²) in [6, 6.07) is 0.570. The highest BCUT2D eigenvalue weighted by molar-refractivity contribution is 4.84. The molecular weight excluding hydrogens is 176 g/mol. The zero-order valence-corrected chi connectivity index (χ0v) is 9.46. The minimum absolute atomic E-state index is 0.431. The summed E-state index contributed by atoms with van der Waals surface area (Å²) in [6.45, 7) is 4.11. The number of hydrogen-bond acceptors (Lipinski definition) is 3. The van der Waals surface area contributed by atoms with Crippen LogP contribution in [-0.4, -0.2) is 32.3 Å². The van der Waals surface area contributed by atoms with Crippen molar-refractivity contribution in [1.82, 2.24) is 5.32 Å². The molecule has 0 saturated heterocycles. The molecule has 3 heteroatoms. The molecule has 0 amide bonds. The summed E-state index contributed by atoms with van der Waals surface area (Å²) in [4.78, 5) is 0. The predicted molar refractivity (Wildman–Crippen MR) is 59.3 cm³/mol. The Hall–Kier alpha value is -0.120. The van der Waals surface area contributed by atoms with Crippen molar-refractivity contribution in [2.45, 2.75) is 44.8 Å². The fourth-order valence-electron chi connectivity index (χ4n) is 2.18. The van der Waals surface area contributed by atoms with Gasteiger partial charge in [-0.15, -0.1) is 0 Å². The molecular formula is C11H24N2O. The van der Waals surface area contributed by atoms with Crippen molar-refractivity contribution in [3.8, 4) is 0 Å². The van der Waals surface area contributed by atoms with Crippen molar-refractivity contribution in [2.24, 2.45) is 11.7 Å². The minimum Gasteiger partial charge on any atom is -0.380 e. The number of methoxy groups -OCH3 is 1. The van der Waals surface area contributed by atoms with Gasteiger partial charge in [0.2, 0.25) is 0 Å². The third kappa shape index (κ3) is 3.56. The molecule has 0 aromatic carbocycles. The molecule has 0 bridgehead atoms. The van der Waals surface area contributed by atoms with Gasteiger partial charge in [0.05, 0.1) is 6.10 Å². The van der Waals surface area contributed by atoms with E-state index in [2.05, 4.69) is 12.2 Å². The van der Waals surface area contributed by atoms with Crippen molar-refractivity contribution in [2.75, 3.05) is 20.2 Å². The monoisotopic (exact) mass is 200 g/mol. The molecule has 3 N–H and O–H groups in total. The first kappa shape index (κ1) is 12.0. The van der Waals surface area contributed by atoms with Crippen molar-refractivity contribution >= 4 is 0 Å². The average molecular weight is 200 g/mol. The van der Waals surface area contributed by atoms with E-state index in [1.807, 2.05) is 7.11 Å². The van der Waals surface area contributed by atoms with Crippen molar-refractivity contribution in [3.05, 3.63) is 0 Å². The van der Waals surface area contributed by atoms with E-state index < -0.39 is 0 Å². The molecule has 3 nitrogen and oxygen atoms in total. The molecule has 0 heterocycles. The second kappa shape index (κ2) is 6.38. The third-order valence-corrected chi connectivity index (χ3v) is 3.14. The number of ether oxygens (including phenoxy) is 1. The molecule has 0 aromatic rings. The van der Waals surface area contributed by atoms with Crippen molar-refractivity contribution < 1.29 is 4.74 Å². The van der Waals surface area contributed by atoms with Gasteiger partial charge in [-0.3, -0.25) is 0 Å². The lowest BCUT2D eigenvalue weighted by molar-refractivity contribution is 0.0840. The van der Waals surface area contributed by atoms with Gasteiger partial charge in [0.15, 0.2) is 0 Å². The van der Waals surface area contributed by atoms with Crippen LogP contribution < -0.4 is 11.1 Å². The Morgan fingerprint density at radius 3 is 2.93 bits per heavy atom. The maximum atomic E-state index is 5.51. The molecule has 1 rings (SSSR count). The Morgan fingerprint density at radius 1 is 1.50 bits per heavy atom. The molecule has 0 aliphatic heterocycles. The number of rotatable bonds is 6. The quantitative estimate of drug-likeness (QED) is 0.675. The molecule has 1 fully saturated rings. The summed E-state index contributed by atoms with van der Waals surface area (Å²) in [5.74, 6) is 0.679. The van der Waals surface area contributed by atoms with Crippen LogP contribution >= 0.6 is 0 Å². The summed E-state index contributed by atoms with van der Waals surface area (Å²) in [7, 11) is 1.81. The SMILES string of the molecule is COC1CCCC1NCC(C)CCN. The molecule has 1 aliphatic rings. The van der Waals surface area contributed by atoms with Gasteiger partial charge in [-0.1, -0.05) is 6.92 Å². The first-order valence-electron chi connectivity index (χ1n) is 5.74. The van der Waals surface area contributed by atoms with E-state index in [1.165, 1.54) is 19.3 Å². The van der Waals surface area contributed by atoms with Gasteiger partial charge in [-0.2, -0.15) is 0 Å². The zero-order chi connectivity index (χ0) is 10.4. The van der Waals surface area contributed by atoms with Crippen LogP contribution in [0.4, 0.5) is 0 Å². The number of nitrogens with one attached hydrogen (secondary N) is 1. The smallest absolute Gasteiger partial charge is 0.0724 e. The lowest BCUT2D eigenvalue weighted by Gasteiger charge is -2.21. The largest absolute Gasteiger partial charge is 0.380 e. The van der Waals surface area contributed by atoms with Gasteiger partial charge in [-0.05, 0) is 44.7 Å². The normalized spacial score (nSPS) is 29.4. The standard InChI is InChI=1S/C11H24N2O/c1-9(6-7-12)8-13-10-4-3-5-11(10)14-2/h9-11,13H,3-8,12H2,1-2H3. The fraction of sp³-hybridized carbons (Fsp3) is 1.00. The highest BCUT2D eigenvalue weighted by Gasteiger charge is 2.26. The molecule has 84 valence electrons. The number of nitrogens with two attached hydrogens (primary N) is 1. The number of hydrogen-bond donors (Lipinski definition) is 2. The first-order valence-corrected chi connectivity index (χ1v) is 5.74. The molecule has 0 radical (unpaired) electrons. The first-order chi connectivity index (χ1) is 6.77. The Bertz CT molecular complexity index is 152. The van der Waals surface area contributed by atoms with Gasteiger partial charge in [0.1, 0.15) is 0 Å². The fourth-order valence-corrected chi connectivity index (χ4v) is 2.18. The van der Waals surface area contributed by atoms with Gasteiger partial charge in [0.25, 0.3) is 0 Å². The molecule has 0 spiro atoms. The molecule has 1 saturated carbocycles. The predicted octanol–water partition coefficient (Wildman–Crippen LogP) is 1.13. The van der Waals surface area contributed by atoms with Crippen LogP contribution in [0, 0.1) is 5.92 Å². The van der Waals surface area contributed by atoms with Gasteiger partial charge in [0, 0.05) is 13.2 Å². The third-order valence-electron chi connectivity index (χ3n) is 3.14. The Balaban J connectivity index is 2.16. The summed E-state index contributed by atoms with van der Waals surface area (Å²) in [5.41, 5.74) is 5.51. The topological polar surface area (TPSA) is 47.3 Å². The summed E-state index contributed by atoms with van der Waals surface area (Å²) in [6.07, 6.45) is 5.30. The van der Waals surface area contributed by atoms with E-state index in [4.69, 9.17) is 10.5 Å². The van der Waals surface area contributed by atoms with E-state index in [-0.39, 0.29) is 0 Å². The lowest BCUT2D eigenvalue weighted by atomic mass is 10.1. The molecule has 14 heavy (non-hydrogen) atoms. The molecule has 3 atom stereocenters. The van der Waals surface area contributed by atoms with Crippen LogP contribution in [0.2, 0.25) is 0 Å². The van der Waals surface area contributed by atoms with E-state index in [1.54, 1.807) is 0 Å². The van der Waals surface area contributed by atoms with Crippen LogP contribution in [0.3, 0.4) is 0 Å². The van der Waals surface area contributed by atoms with Crippen LogP contribution in [0.15, 0.2) is 0 Å². The van der Waals surface area contributed by atoms with Gasteiger partial charge < -0.3 is 15.8 Å². The zero-order valence-electron chi connectivity index (χ0n) is 9.46. The molecule has 1 aliphatic carbocycles. The van der Waals surface area contributed by atoms with E-state index >= 15 is 0 Å². The van der Waals surface area contributed by atoms with E-state index in [0.717, 1.165) is 19.5 Å². The minimum atomic E-state index is 0.431. The van der Waals surface area contributed by atoms with Crippen molar-refractivity contribution in [1.29, 1.82) is 0 Å². The highest BCUT2D eigenvalue weighted by Crippen LogP contribution is 2.21.